The van der Waals surface area contributed by atoms with Gasteiger partial charge in [-0.15, -0.1) is 0 Å². The fourth-order valence-electron chi connectivity index (χ4n) is 0.610. The molecule has 4 nitrogen and oxygen atoms in total. The van der Waals surface area contributed by atoms with Gasteiger partial charge in [-0.2, -0.15) is 0 Å². The standard InChI is InChI=1S/C6H7O4P.3Na/c7-11(8,9)10-6-4-2-1-3-5-6;;;/h1-5H,(H2,7,8,9);;;/q;3*+1/p-2. The van der Waals surface area contributed by atoms with Gasteiger partial charge in [0.1, 0.15) is 13.6 Å². The van der Waals surface area contributed by atoms with Crippen molar-refractivity contribution in [2.24, 2.45) is 0 Å². The van der Waals surface area contributed by atoms with Crippen LogP contribution in [-0.2, 0) is 4.57 Å². The van der Waals surface area contributed by atoms with Crippen molar-refractivity contribution in [3.8, 4) is 5.75 Å². The van der Waals surface area contributed by atoms with Gasteiger partial charge in [-0.05, 0) is 12.1 Å². The third-order valence-electron chi connectivity index (χ3n) is 0.960. The van der Waals surface area contributed by atoms with E-state index in [1.807, 2.05) is 0 Å². The second-order valence-electron chi connectivity index (χ2n) is 1.85. The molecule has 0 unspecified atom stereocenters. The zero-order valence-electron chi connectivity index (χ0n) is 8.47. The first-order chi connectivity index (χ1) is 5.08. The number of phosphoric acid groups is 1. The smallest absolute Gasteiger partial charge is 0.780 e. The van der Waals surface area contributed by atoms with Gasteiger partial charge in [0.05, 0.1) is 0 Å². The minimum atomic E-state index is -4.89. The van der Waals surface area contributed by atoms with Crippen LogP contribution in [0.15, 0.2) is 30.3 Å². The Kier molecular flexibility index (Phi) is 15.8. The van der Waals surface area contributed by atoms with Gasteiger partial charge >= 0.3 is 88.7 Å². The van der Waals surface area contributed by atoms with Crippen LogP contribution < -0.4 is 103 Å². The molecule has 0 aromatic heterocycles. The van der Waals surface area contributed by atoms with Crippen molar-refractivity contribution in [2.45, 2.75) is 0 Å². The Hall–Kier alpha value is 2.17. The Balaban J connectivity index is -0.000000403. The normalized spacial score (nSPS) is 8.71. The van der Waals surface area contributed by atoms with Crippen molar-refractivity contribution in [1.29, 1.82) is 0 Å². The summed E-state index contributed by atoms with van der Waals surface area (Å²) in [7, 11) is -4.89. The van der Waals surface area contributed by atoms with Gasteiger partial charge in [0.15, 0.2) is 0 Å². The van der Waals surface area contributed by atoms with Crippen LogP contribution in [-0.4, -0.2) is 0 Å². The molecular formula is C6H5Na3O4P+. The zero-order chi connectivity index (χ0) is 8.32. The van der Waals surface area contributed by atoms with Crippen molar-refractivity contribution in [3.05, 3.63) is 30.3 Å². The average Bonchev–Trinajstić information content (AvgIpc) is 1.85. The van der Waals surface area contributed by atoms with E-state index in [0.29, 0.717) is 0 Å². The fraction of sp³-hybridized carbons (Fsp3) is 0. The van der Waals surface area contributed by atoms with E-state index in [-0.39, 0.29) is 94.4 Å². The van der Waals surface area contributed by atoms with Crippen molar-refractivity contribution in [3.63, 3.8) is 0 Å². The van der Waals surface area contributed by atoms with E-state index in [0.717, 1.165) is 0 Å². The molecule has 0 heterocycles. The largest absolute Gasteiger partial charge is 1.00 e. The molecule has 0 aliphatic rings. The topological polar surface area (TPSA) is 72.4 Å². The first-order valence-electron chi connectivity index (χ1n) is 2.85. The molecule has 1 aromatic carbocycles. The number of hydrogen-bond acceptors (Lipinski definition) is 4. The maximum absolute atomic E-state index is 10.1. The maximum atomic E-state index is 10.1. The second kappa shape index (κ2) is 10.3. The van der Waals surface area contributed by atoms with E-state index in [9.17, 15) is 14.4 Å². The molecule has 0 saturated heterocycles. The molecule has 0 amide bonds. The number of hydrogen-bond donors (Lipinski definition) is 0. The maximum Gasteiger partial charge on any atom is 1.00 e. The summed E-state index contributed by atoms with van der Waals surface area (Å²) in [4.78, 5) is 20.1. The second-order valence-corrected chi connectivity index (χ2v) is 2.93. The zero-order valence-corrected chi connectivity index (χ0v) is 15.4. The van der Waals surface area contributed by atoms with Crippen molar-refractivity contribution in [1.82, 2.24) is 0 Å². The van der Waals surface area contributed by atoms with E-state index >= 15 is 0 Å². The van der Waals surface area contributed by atoms with E-state index in [2.05, 4.69) is 4.52 Å². The van der Waals surface area contributed by atoms with E-state index in [4.69, 9.17) is 0 Å². The molecule has 0 atom stereocenters. The number of phosphoric ester groups is 1. The predicted octanol–water partition coefficient (Wildman–Crippen LogP) is -9.09. The van der Waals surface area contributed by atoms with Gasteiger partial charge in [-0.25, -0.2) is 0 Å². The Morgan fingerprint density at radius 1 is 1.00 bits per heavy atom. The molecule has 1 rings (SSSR count). The van der Waals surface area contributed by atoms with Gasteiger partial charge in [0.2, 0.25) is 0 Å². The van der Waals surface area contributed by atoms with Crippen molar-refractivity contribution >= 4 is 7.82 Å². The average molecular weight is 241 g/mol. The van der Waals surface area contributed by atoms with Gasteiger partial charge < -0.3 is 18.9 Å². The van der Waals surface area contributed by atoms with Crippen LogP contribution >= 0.6 is 7.82 Å². The molecular weight excluding hydrogens is 236 g/mol. The molecule has 0 N–H and O–H groups in total. The first kappa shape index (κ1) is 21.5. The van der Waals surface area contributed by atoms with Gasteiger partial charge in [-0.1, -0.05) is 18.2 Å². The van der Waals surface area contributed by atoms with Crippen LogP contribution in [0.1, 0.15) is 0 Å². The number of benzene rings is 1. The van der Waals surface area contributed by atoms with Crippen LogP contribution in [0.5, 0.6) is 5.75 Å². The summed E-state index contributed by atoms with van der Waals surface area (Å²) in [5.41, 5.74) is 0. The van der Waals surface area contributed by atoms with E-state index < -0.39 is 7.82 Å². The molecule has 0 aliphatic heterocycles. The van der Waals surface area contributed by atoms with E-state index in [1.54, 1.807) is 18.2 Å². The van der Waals surface area contributed by atoms with E-state index in [1.165, 1.54) is 12.1 Å². The summed E-state index contributed by atoms with van der Waals surface area (Å²) in [6, 6.07) is 7.62. The molecule has 0 aliphatic carbocycles. The number of para-hydroxylation sites is 1. The SMILES string of the molecule is O=P([O-])([O-])Oc1ccccc1.[Na+].[Na+].[Na+]. The Labute approximate surface area is 149 Å². The summed E-state index contributed by atoms with van der Waals surface area (Å²) in [6.45, 7) is 0. The molecule has 0 saturated carbocycles. The molecule has 0 radical (unpaired) electrons. The Morgan fingerprint density at radius 2 is 1.43 bits per heavy atom. The van der Waals surface area contributed by atoms with Gasteiger partial charge in [-0.3, -0.25) is 0 Å². The van der Waals surface area contributed by atoms with Gasteiger partial charge in [0, 0.05) is 0 Å². The van der Waals surface area contributed by atoms with Gasteiger partial charge in [0.25, 0.3) is 0 Å². The minimum Gasteiger partial charge on any atom is -0.780 e. The van der Waals surface area contributed by atoms with Crippen LogP contribution in [0.25, 0.3) is 0 Å². The molecule has 0 spiro atoms. The third kappa shape index (κ3) is 10.7. The van der Waals surface area contributed by atoms with Crippen LogP contribution in [0.4, 0.5) is 0 Å². The molecule has 1 aromatic rings. The molecule has 14 heavy (non-hydrogen) atoms. The summed E-state index contributed by atoms with van der Waals surface area (Å²) in [5, 5.41) is 0. The summed E-state index contributed by atoms with van der Waals surface area (Å²) in [6.07, 6.45) is 0. The molecule has 60 valence electrons. The summed E-state index contributed by atoms with van der Waals surface area (Å²) >= 11 is 0. The van der Waals surface area contributed by atoms with Crippen LogP contribution in [0.3, 0.4) is 0 Å². The quantitative estimate of drug-likeness (QED) is 0.381. The molecule has 0 bridgehead atoms. The third-order valence-corrected chi connectivity index (χ3v) is 1.39. The minimum absolute atomic E-state index is 0. The Bertz CT molecular complexity index is 276. The van der Waals surface area contributed by atoms with Crippen LogP contribution in [0.2, 0.25) is 0 Å². The van der Waals surface area contributed by atoms with Crippen molar-refractivity contribution < 1.29 is 108 Å². The molecule has 0 fully saturated rings. The summed E-state index contributed by atoms with van der Waals surface area (Å²) in [5.74, 6) is 0.0424. The predicted molar refractivity (Wildman–Crippen MR) is 34.7 cm³/mol. The molecule has 8 heteroatoms. The van der Waals surface area contributed by atoms with Crippen LogP contribution in [0, 0.1) is 0 Å². The first-order valence-corrected chi connectivity index (χ1v) is 4.31. The fourth-order valence-corrected chi connectivity index (χ4v) is 0.990. The Morgan fingerprint density at radius 3 is 1.79 bits per heavy atom. The number of rotatable bonds is 2. The summed E-state index contributed by atoms with van der Waals surface area (Å²) < 4.78 is 14.1. The van der Waals surface area contributed by atoms with Crippen molar-refractivity contribution in [2.75, 3.05) is 0 Å². The monoisotopic (exact) mass is 241 g/mol.